The minimum Gasteiger partial charge on any atom is -0.378 e. The third kappa shape index (κ3) is 6.06. The molecule has 0 saturated carbocycles. The molecule has 0 atom stereocenters. The van der Waals surface area contributed by atoms with Gasteiger partial charge in [-0.3, -0.25) is 14.5 Å². The summed E-state index contributed by atoms with van der Waals surface area (Å²) in [5.41, 5.74) is 1.95. The highest BCUT2D eigenvalue weighted by Gasteiger charge is 2.31. The number of sulfonamides is 1. The van der Waals surface area contributed by atoms with Crippen LogP contribution in [0.4, 0.5) is 5.00 Å². The Morgan fingerprint density at radius 2 is 1.81 bits per heavy atom. The number of hydrogen-bond acceptors (Lipinski definition) is 7. The molecule has 0 bridgehead atoms. The monoisotopic (exact) mass is 548 g/mol. The summed E-state index contributed by atoms with van der Waals surface area (Å²) in [5.74, 6) is -0.442. The molecule has 0 spiro atoms. The molecule has 1 aromatic heterocycles. The van der Waals surface area contributed by atoms with Crippen molar-refractivity contribution in [1.82, 2.24) is 14.1 Å². The molecule has 0 unspecified atom stereocenters. The van der Waals surface area contributed by atoms with Gasteiger partial charge in [0.15, 0.2) is 0 Å². The van der Waals surface area contributed by atoms with Gasteiger partial charge in [-0.25, -0.2) is 12.7 Å². The van der Waals surface area contributed by atoms with Crippen LogP contribution in [0.3, 0.4) is 0 Å². The van der Waals surface area contributed by atoms with E-state index in [4.69, 9.17) is 4.74 Å². The van der Waals surface area contributed by atoms with Crippen molar-refractivity contribution in [2.75, 3.05) is 58.3 Å². The largest absolute Gasteiger partial charge is 0.378 e. The standard InChI is InChI=1S/C26H36N4O5S2/c1-4-6-12-28(3)37(33,34)20-9-7-19(8-10-20)24(31)27-25-23(26(32)30-14-16-35-17-15-30)21-11-13-29(5-2)18-22(21)36-25/h7-10H,4-6,11-18H2,1-3H3,(H,27,31). The van der Waals surface area contributed by atoms with E-state index in [0.29, 0.717) is 49.0 Å². The van der Waals surface area contributed by atoms with E-state index in [2.05, 4.69) is 17.1 Å². The summed E-state index contributed by atoms with van der Waals surface area (Å²) >= 11 is 1.46. The fraction of sp³-hybridized carbons (Fsp3) is 0.538. The fourth-order valence-corrected chi connectivity index (χ4v) is 7.09. The average molecular weight is 549 g/mol. The second kappa shape index (κ2) is 12.0. The molecular weight excluding hydrogens is 512 g/mol. The number of fused-ring (bicyclic) bond motifs is 1. The van der Waals surface area contributed by atoms with E-state index < -0.39 is 10.0 Å². The Morgan fingerprint density at radius 3 is 2.46 bits per heavy atom. The number of benzene rings is 1. The topological polar surface area (TPSA) is 99.3 Å². The Hall–Kier alpha value is -2.31. The molecule has 11 heteroatoms. The number of carbonyl (C=O) groups excluding carboxylic acids is 2. The molecule has 9 nitrogen and oxygen atoms in total. The van der Waals surface area contributed by atoms with Crippen LogP contribution >= 0.6 is 11.3 Å². The second-order valence-corrected chi connectivity index (χ2v) is 12.5. The van der Waals surface area contributed by atoms with Crippen molar-refractivity contribution in [2.45, 2.75) is 44.6 Å². The third-order valence-electron chi connectivity index (χ3n) is 6.97. The molecular formula is C26H36N4O5S2. The number of rotatable bonds is 9. The Labute approximate surface area is 223 Å². The first kappa shape index (κ1) is 27.7. The SMILES string of the molecule is CCCCN(C)S(=O)(=O)c1ccc(C(=O)Nc2sc3c(c2C(=O)N2CCOCC2)CCN(CC)C3)cc1. The van der Waals surface area contributed by atoms with E-state index in [-0.39, 0.29) is 16.7 Å². The predicted octanol–water partition coefficient (Wildman–Crippen LogP) is 3.27. The lowest BCUT2D eigenvalue weighted by Gasteiger charge is -2.29. The zero-order valence-corrected chi connectivity index (χ0v) is 23.4. The average Bonchev–Trinajstić information content (AvgIpc) is 3.28. The zero-order chi connectivity index (χ0) is 26.6. The molecule has 37 heavy (non-hydrogen) atoms. The number of unbranched alkanes of at least 4 members (excludes halogenated alkanes) is 1. The van der Waals surface area contributed by atoms with Gasteiger partial charge in [-0.15, -0.1) is 11.3 Å². The predicted molar refractivity (Wildman–Crippen MR) is 145 cm³/mol. The van der Waals surface area contributed by atoms with Crippen molar-refractivity contribution < 1.29 is 22.7 Å². The molecule has 4 rings (SSSR count). The molecule has 202 valence electrons. The third-order valence-corrected chi connectivity index (χ3v) is 9.98. The van der Waals surface area contributed by atoms with Gasteiger partial charge in [-0.05, 0) is 49.2 Å². The van der Waals surface area contributed by atoms with E-state index in [1.54, 1.807) is 11.9 Å². The Bertz CT molecular complexity index is 1220. The number of ether oxygens (including phenoxy) is 1. The number of thiophene rings is 1. The van der Waals surface area contributed by atoms with Crippen LogP contribution in [0, 0.1) is 0 Å². The van der Waals surface area contributed by atoms with Crippen LogP contribution in [-0.4, -0.2) is 87.3 Å². The van der Waals surface area contributed by atoms with Crippen molar-refractivity contribution >= 4 is 38.2 Å². The molecule has 2 amide bonds. The first-order valence-electron chi connectivity index (χ1n) is 12.9. The van der Waals surface area contributed by atoms with Gasteiger partial charge >= 0.3 is 0 Å². The molecule has 2 aliphatic rings. The van der Waals surface area contributed by atoms with Crippen molar-refractivity contribution in [3.05, 3.63) is 45.8 Å². The van der Waals surface area contributed by atoms with Crippen LogP contribution in [0.25, 0.3) is 0 Å². The molecule has 1 fully saturated rings. The molecule has 1 saturated heterocycles. The number of nitrogens with zero attached hydrogens (tertiary/aromatic N) is 3. The van der Waals surface area contributed by atoms with Crippen LogP contribution in [0.1, 0.15) is 57.8 Å². The van der Waals surface area contributed by atoms with Gasteiger partial charge in [0.25, 0.3) is 11.8 Å². The number of amides is 2. The number of likely N-dealkylation sites (N-methyl/N-ethyl adjacent to an activating group) is 1. The number of nitrogens with one attached hydrogen (secondary N) is 1. The lowest BCUT2D eigenvalue weighted by Crippen LogP contribution is -2.41. The van der Waals surface area contributed by atoms with E-state index in [1.807, 2.05) is 6.92 Å². The van der Waals surface area contributed by atoms with E-state index in [1.165, 1.54) is 39.9 Å². The van der Waals surface area contributed by atoms with Crippen LogP contribution < -0.4 is 5.32 Å². The highest BCUT2D eigenvalue weighted by Crippen LogP contribution is 2.38. The Kier molecular flexibility index (Phi) is 9.02. The number of carbonyl (C=O) groups is 2. The summed E-state index contributed by atoms with van der Waals surface area (Å²) in [6, 6.07) is 5.97. The second-order valence-electron chi connectivity index (χ2n) is 9.39. The summed E-state index contributed by atoms with van der Waals surface area (Å²) in [6.07, 6.45) is 2.44. The summed E-state index contributed by atoms with van der Waals surface area (Å²) in [6.45, 7) is 9.20. The smallest absolute Gasteiger partial charge is 0.257 e. The summed E-state index contributed by atoms with van der Waals surface area (Å²) < 4.78 is 32.4. The molecule has 0 aliphatic carbocycles. The summed E-state index contributed by atoms with van der Waals surface area (Å²) in [7, 11) is -2.05. The van der Waals surface area contributed by atoms with E-state index >= 15 is 0 Å². The highest BCUT2D eigenvalue weighted by molar-refractivity contribution is 7.89. The summed E-state index contributed by atoms with van der Waals surface area (Å²) in [4.78, 5) is 32.1. The van der Waals surface area contributed by atoms with E-state index in [9.17, 15) is 18.0 Å². The molecule has 0 radical (unpaired) electrons. The van der Waals surface area contributed by atoms with Crippen LogP contribution in [0.5, 0.6) is 0 Å². The van der Waals surface area contributed by atoms with Gasteiger partial charge in [0.2, 0.25) is 10.0 Å². The van der Waals surface area contributed by atoms with Crippen molar-refractivity contribution in [3.8, 4) is 0 Å². The van der Waals surface area contributed by atoms with Crippen molar-refractivity contribution in [2.24, 2.45) is 0 Å². The molecule has 2 aliphatic heterocycles. The molecule has 2 aromatic rings. The number of anilines is 1. The van der Waals surface area contributed by atoms with Gasteiger partial charge in [0.1, 0.15) is 5.00 Å². The Balaban J connectivity index is 1.57. The van der Waals surface area contributed by atoms with Gasteiger partial charge in [0, 0.05) is 50.2 Å². The number of hydrogen-bond donors (Lipinski definition) is 1. The minimum atomic E-state index is -3.61. The minimum absolute atomic E-state index is 0.0717. The van der Waals surface area contributed by atoms with Crippen molar-refractivity contribution in [3.63, 3.8) is 0 Å². The highest BCUT2D eigenvalue weighted by atomic mass is 32.2. The lowest BCUT2D eigenvalue weighted by molar-refractivity contribution is 0.0303. The van der Waals surface area contributed by atoms with Crippen molar-refractivity contribution in [1.29, 1.82) is 0 Å². The molecule has 1 aromatic carbocycles. The lowest BCUT2D eigenvalue weighted by atomic mass is 10.0. The van der Waals surface area contributed by atoms with Gasteiger partial charge < -0.3 is 15.0 Å². The van der Waals surface area contributed by atoms with Crippen LogP contribution in [0.2, 0.25) is 0 Å². The van der Waals surface area contributed by atoms with Gasteiger partial charge in [-0.1, -0.05) is 20.3 Å². The maximum absolute atomic E-state index is 13.6. The normalized spacial score (nSPS) is 16.6. The molecule has 1 N–H and O–H groups in total. The van der Waals surface area contributed by atoms with E-state index in [0.717, 1.165) is 49.3 Å². The maximum atomic E-state index is 13.6. The van der Waals surface area contributed by atoms with Gasteiger partial charge in [-0.2, -0.15) is 0 Å². The molecule has 3 heterocycles. The fourth-order valence-electron chi connectivity index (χ4n) is 4.60. The number of morpholine rings is 1. The quantitative estimate of drug-likeness (QED) is 0.517. The Morgan fingerprint density at radius 1 is 1.11 bits per heavy atom. The summed E-state index contributed by atoms with van der Waals surface area (Å²) in [5, 5.41) is 3.52. The maximum Gasteiger partial charge on any atom is 0.257 e. The van der Waals surface area contributed by atoms with Gasteiger partial charge in [0.05, 0.1) is 23.7 Å². The zero-order valence-electron chi connectivity index (χ0n) is 21.8. The van der Waals surface area contributed by atoms with Crippen LogP contribution in [0.15, 0.2) is 29.2 Å². The first-order valence-corrected chi connectivity index (χ1v) is 15.1. The van der Waals surface area contributed by atoms with Crippen LogP contribution in [-0.2, 0) is 27.7 Å². The first-order chi connectivity index (χ1) is 17.8.